The molecule has 0 aliphatic carbocycles. The highest BCUT2D eigenvalue weighted by atomic mass is 35.5. The molecule has 8 nitrogen and oxygen atoms in total. The summed E-state index contributed by atoms with van der Waals surface area (Å²) in [4.78, 5) is 17.2. The van der Waals surface area contributed by atoms with Crippen molar-refractivity contribution in [3.8, 4) is 6.07 Å². The van der Waals surface area contributed by atoms with Crippen molar-refractivity contribution in [2.24, 2.45) is 10.9 Å². The molecular weight excluding hydrogens is 382 g/mol. The summed E-state index contributed by atoms with van der Waals surface area (Å²) < 4.78 is 0. The van der Waals surface area contributed by atoms with Gasteiger partial charge in [0.05, 0.1) is 24.3 Å². The average molecular weight is 402 g/mol. The molecule has 0 heterocycles. The Labute approximate surface area is 167 Å². The number of carbonyl (C=O) groups excluding carboxylic acids is 1. The van der Waals surface area contributed by atoms with E-state index in [2.05, 4.69) is 15.8 Å². The van der Waals surface area contributed by atoms with Crippen LogP contribution >= 0.6 is 11.6 Å². The topological polar surface area (TPSA) is 133 Å². The molecule has 0 bridgehead atoms. The smallest absolute Gasteiger partial charge is 0.319 e. The number of benzene rings is 2. The zero-order valence-electron chi connectivity index (χ0n) is 14.9. The SMILES string of the molecule is N#Cc1ccc(CC(NC(=O)Nc2ccc(Cl)cc2)C(N)=NOCCO)cc1. The molecule has 1 unspecified atom stereocenters. The molecule has 0 fully saturated rings. The molecule has 0 aliphatic rings. The van der Waals surface area contributed by atoms with Gasteiger partial charge >= 0.3 is 6.03 Å². The van der Waals surface area contributed by atoms with Crippen LogP contribution in [0.3, 0.4) is 0 Å². The average Bonchev–Trinajstić information content (AvgIpc) is 2.70. The Bertz CT molecular complexity index is 847. The fourth-order valence-corrected chi connectivity index (χ4v) is 2.39. The van der Waals surface area contributed by atoms with Crippen molar-refractivity contribution in [1.82, 2.24) is 5.32 Å². The lowest BCUT2D eigenvalue weighted by molar-refractivity contribution is 0.0975. The Kier molecular flexibility index (Phi) is 8.09. The van der Waals surface area contributed by atoms with Gasteiger partial charge in [-0.3, -0.25) is 0 Å². The summed E-state index contributed by atoms with van der Waals surface area (Å²) in [6.07, 6.45) is 0.331. The van der Waals surface area contributed by atoms with E-state index in [-0.39, 0.29) is 19.0 Å². The molecule has 0 aliphatic heterocycles. The molecule has 146 valence electrons. The minimum Gasteiger partial charge on any atom is -0.393 e. The molecule has 5 N–H and O–H groups in total. The van der Waals surface area contributed by atoms with Gasteiger partial charge in [-0.1, -0.05) is 28.9 Å². The van der Waals surface area contributed by atoms with Crippen LogP contribution in [0.2, 0.25) is 5.02 Å². The van der Waals surface area contributed by atoms with Crippen LogP contribution in [0, 0.1) is 11.3 Å². The van der Waals surface area contributed by atoms with Crippen LogP contribution < -0.4 is 16.4 Å². The fourth-order valence-electron chi connectivity index (χ4n) is 2.26. The summed E-state index contributed by atoms with van der Waals surface area (Å²) in [6, 6.07) is 14.4. The Balaban J connectivity index is 2.09. The molecule has 1 atom stereocenters. The largest absolute Gasteiger partial charge is 0.393 e. The van der Waals surface area contributed by atoms with E-state index < -0.39 is 12.1 Å². The summed E-state index contributed by atoms with van der Waals surface area (Å²) in [5.74, 6) is 0.0454. The Hall–Kier alpha value is -3.28. The Morgan fingerprint density at radius 3 is 2.54 bits per heavy atom. The van der Waals surface area contributed by atoms with Crippen molar-refractivity contribution >= 4 is 29.2 Å². The quantitative estimate of drug-likeness (QED) is 0.233. The molecule has 2 aromatic rings. The lowest BCUT2D eigenvalue weighted by Gasteiger charge is -2.18. The van der Waals surface area contributed by atoms with E-state index >= 15 is 0 Å². The van der Waals surface area contributed by atoms with Crippen molar-refractivity contribution in [1.29, 1.82) is 5.26 Å². The Morgan fingerprint density at radius 2 is 1.93 bits per heavy atom. The van der Waals surface area contributed by atoms with Gasteiger partial charge in [0.2, 0.25) is 0 Å². The molecule has 0 saturated carbocycles. The van der Waals surface area contributed by atoms with Crippen molar-refractivity contribution < 1.29 is 14.7 Å². The number of hydrogen-bond donors (Lipinski definition) is 4. The van der Waals surface area contributed by atoms with Gasteiger partial charge in [0, 0.05) is 17.1 Å². The summed E-state index contributed by atoms with van der Waals surface area (Å²) in [7, 11) is 0. The lowest BCUT2D eigenvalue weighted by Crippen LogP contribution is -2.47. The molecule has 2 rings (SSSR count). The van der Waals surface area contributed by atoms with Gasteiger partial charge in [0.1, 0.15) is 6.61 Å². The van der Waals surface area contributed by atoms with E-state index in [1.165, 1.54) is 0 Å². The predicted octanol–water partition coefficient (Wildman–Crippen LogP) is 2.23. The number of aliphatic hydroxyl groups is 1. The van der Waals surface area contributed by atoms with Gasteiger partial charge in [-0.05, 0) is 42.0 Å². The summed E-state index contributed by atoms with van der Waals surface area (Å²) in [5.41, 5.74) is 7.89. The number of nitrogens with zero attached hydrogens (tertiary/aromatic N) is 2. The second-order valence-corrected chi connectivity index (χ2v) is 6.18. The third-order valence-corrected chi connectivity index (χ3v) is 3.89. The molecule has 28 heavy (non-hydrogen) atoms. The van der Waals surface area contributed by atoms with Crippen molar-refractivity contribution in [2.45, 2.75) is 12.5 Å². The van der Waals surface area contributed by atoms with E-state index in [9.17, 15) is 4.79 Å². The highest BCUT2D eigenvalue weighted by Crippen LogP contribution is 2.13. The second-order valence-electron chi connectivity index (χ2n) is 5.74. The summed E-state index contributed by atoms with van der Waals surface area (Å²) in [6.45, 7) is -0.219. The molecule has 0 aromatic heterocycles. The first kappa shape index (κ1) is 21.0. The lowest BCUT2D eigenvalue weighted by atomic mass is 10.0. The van der Waals surface area contributed by atoms with Gasteiger partial charge in [0.25, 0.3) is 0 Å². The molecule has 9 heteroatoms. The van der Waals surface area contributed by atoms with Crippen molar-refractivity contribution in [3.63, 3.8) is 0 Å². The number of aliphatic hydroxyl groups excluding tert-OH is 1. The number of amides is 2. The van der Waals surface area contributed by atoms with Gasteiger partial charge in [-0.25, -0.2) is 4.79 Å². The standard InChI is InChI=1S/C19H20ClN5O3/c20-15-5-7-16(8-6-15)23-19(27)24-17(18(22)25-28-10-9-26)11-13-1-3-14(12-21)4-2-13/h1-8,17,26H,9-11H2,(H2,22,25)(H2,23,24,27). The molecule has 0 saturated heterocycles. The number of nitrogens with one attached hydrogen (secondary N) is 2. The number of oxime groups is 1. The molecule has 0 radical (unpaired) electrons. The van der Waals surface area contributed by atoms with Crippen LogP contribution in [-0.4, -0.2) is 36.2 Å². The second kappa shape index (κ2) is 10.8. The van der Waals surface area contributed by atoms with Crippen LogP contribution in [0.15, 0.2) is 53.7 Å². The van der Waals surface area contributed by atoms with Crippen LogP contribution in [0.4, 0.5) is 10.5 Å². The highest BCUT2D eigenvalue weighted by molar-refractivity contribution is 6.30. The van der Waals surface area contributed by atoms with Crippen LogP contribution in [0.1, 0.15) is 11.1 Å². The van der Waals surface area contributed by atoms with Crippen LogP contribution in [-0.2, 0) is 11.3 Å². The van der Waals surface area contributed by atoms with Gasteiger partial charge in [0.15, 0.2) is 5.84 Å². The van der Waals surface area contributed by atoms with Crippen LogP contribution in [0.5, 0.6) is 0 Å². The maximum absolute atomic E-state index is 12.3. The monoisotopic (exact) mass is 401 g/mol. The van der Waals surface area contributed by atoms with E-state index in [0.29, 0.717) is 22.7 Å². The number of amidine groups is 1. The Morgan fingerprint density at radius 1 is 1.25 bits per heavy atom. The molecule has 2 aromatic carbocycles. The zero-order valence-corrected chi connectivity index (χ0v) is 15.7. The van der Waals surface area contributed by atoms with E-state index in [4.69, 9.17) is 32.5 Å². The number of nitrogens with two attached hydrogens (primary N) is 1. The number of rotatable bonds is 8. The minimum absolute atomic E-state index is 0.0126. The van der Waals surface area contributed by atoms with E-state index in [0.717, 1.165) is 5.56 Å². The van der Waals surface area contributed by atoms with Crippen LogP contribution in [0.25, 0.3) is 0 Å². The number of halogens is 1. The molecule has 0 spiro atoms. The number of urea groups is 1. The van der Waals surface area contributed by atoms with E-state index in [1.807, 2.05) is 6.07 Å². The zero-order chi connectivity index (χ0) is 20.4. The maximum Gasteiger partial charge on any atom is 0.319 e. The fraction of sp³-hybridized carbons (Fsp3) is 0.211. The summed E-state index contributed by atoms with van der Waals surface area (Å²) >= 11 is 5.83. The number of anilines is 1. The third-order valence-electron chi connectivity index (χ3n) is 3.64. The number of hydrogen-bond acceptors (Lipinski definition) is 5. The van der Waals surface area contributed by atoms with Gasteiger partial charge in [-0.15, -0.1) is 0 Å². The third kappa shape index (κ3) is 6.79. The van der Waals surface area contributed by atoms with Crippen molar-refractivity contribution in [2.75, 3.05) is 18.5 Å². The van der Waals surface area contributed by atoms with E-state index in [1.54, 1.807) is 48.5 Å². The summed E-state index contributed by atoms with van der Waals surface area (Å²) in [5, 5.41) is 27.4. The first-order chi connectivity index (χ1) is 13.5. The van der Waals surface area contributed by atoms with Crippen molar-refractivity contribution in [3.05, 3.63) is 64.7 Å². The normalized spacial score (nSPS) is 12.0. The molecular formula is C19H20ClN5O3. The number of nitriles is 1. The first-order valence-corrected chi connectivity index (χ1v) is 8.78. The van der Waals surface area contributed by atoms with Gasteiger partial charge in [-0.2, -0.15) is 5.26 Å². The minimum atomic E-state index is -0.668. The number of carbonyl (C=O) groups is 1. The maximum atomic E-state index is 12.3. The molecule has 2 amide bonds. The predicted molar refractivity (Wildman–Crippen MR) is 107 cm³/mol. The first-order valence-electron chi connectivity index (χ1n) is 8.40. The highest BCUT2D eigenvalue weighted by Gasteiger charge is 2.18. The van der Waals surface area contributed by atoms with Gasteiger partial charge < -0.3 is 26.3 Å².